The van der Waals surface area contributed by atoms with E-state index in [0.717, 1.165) is 51.0 Å². The molecule has 0 unspecified atom stereocenters. The van der Waals surface area contributed by atoms with Gasteiger partial charge in [-0.15, -0.1) is 10.2 Å². The molecule has 6 heteroatoms. The smallest absolute Gasteiger partial charge is 0.245 e. The van der Waals surface area contributed by atoms with E-state index < -0.39 is 0 Å². The fourth-order valence-corrected chi connectivity index (χ4v) is 2.54. The molecule has 0 aliphatic carbocycles. The summed E-state index contributed by atoms with van der Waals surface area (Å²) in [6, 6.07) is 0. The van der Waals surface area contributed by atoms with Crippen LogP contribution in [0, 0.1) is 0 Å². The number of hydrogen-bond donors (Lipinski definition) is 1. The van der Waals surface area contributed by atoms with Gasteiger partial charge in [-0.25, -0.2) is 4.98 Å². The van der Waals surface area contributed by atoms with Gasteiger partial charge in [0, 0.05) is 39.3 Å². The summed E-state index contributed by atoms with van der Waals surface area (Å²) in [7, 11) is 0. The van der Waals surface area contributed by atoms with Gasteiger partial charge in [0.25, 0.3) is 0 Å². The number of anilines is 2. The summed E-state index contributed by atoms with van der Waals surface area (Å²) in [5.74, 6) is 1.69. The van der Waals surface area contributed by atoms with Crippen LogP contribution >= 0.6 is 0 Å². The van der Waals surface area contributed by atoms with Gasteiger partial charge in [0.05, 0.1) is 6.20 Å². The molecular weight excluding hydrogens is 228 g/mol. The molecule has 2 saturated heterocycles. The topological polar surface area (TPSA) is 57.2 Å². The molecule has 0 amide bonds. The van der Waals surface area contributed by atoms with Crippen LogP contribution in [0.1, 0.15) is 19.3 Å². The lowest BCUT2D eigenvalue weighted by atomic mass is 10.1. The molecule has 0 spiro atoms. The highest BCUT2D eigenvalue weighted by Crippen LogP contribution is 2.16. The largest absolute Gasteiger partial charge is 0.351 e. The molecule has 0 aromatic carbocycles. The van der Waals surface area contributed by atoms with Crippen molar-refractivity contribution in [1.82, 2.24) is 20.5 Å². The number of piperazine rings is 1. The van der Waals surface area contributed by atoms with Gasteiger partial charge < -0.3 is 15.1 Å². The van der Waals surface area contributed by atoms with Crippen LogP contribution in [0.3, 0.4) is 0 Å². The van der Waals surface area contributed by atoms with E-state index in [0.29, 0.717) is 0 Å². The summed E-state index contributed by atoms with van der Waals surface area (Å²) in [5.41, 5.74) is 0. The zero-order valence-electron chi connectivity index (χ0n) is 10.7. The van der Waals surface area contributed by atoms with Gasteiger partial charge in [0.15, 0.2) is 5.82 Å². The van der Waals surface area contributed by atoms with Gasteiger partial charge in [-0.2, -0.15) is 0 Å². The minimum Gasteiger partial charge on any atom is -0.351 e. The zero-order chi connectivity index (χ0) is 12.2. The molecule has 1 aromatic heterocycles. The van der Waals surface area contributed by atoms with Crippen LogP contribution in [0.25, 0.3) is 0 Å². The van der Waals surface area contributed by atoms with Gasteiger partial charge in [0.2, 0.25) is 5.95 Å². The summed E-state index contributed by atoms with van der Waals surface area (Å²) in [6.45, 7) is 6.12. The Morgan fingerprint density at radius 3 is 2.33 bits per heavy atom. The van der Waals surface area contributed by atoms with Crippen LogP contribution in [-0.2, 0) is 0 Å². The summed E-state index contributed by atoms with van der Waals surface area (Å²) in [5, 5.41) is 11.9. The van der Waals surface area contributed by atoms with E-state index in [1.165, 1.54) is 19.3 Å². The first-order valence-electron chi connectivity index (χ1n) is 6.84. The first-order chi connectivity index (χ1) is 8.93. The molecule has 3 heterocycles. The average Bonchev–Trinajstić information content (AvgIpc) is 2.49. The van der Waals surface area contributed by atoms with Gasteiger partial charge in [-0.3, -0.25) is 0 Å². The number of nitrogens with zero attached hydrogens (tertiary/aromatic N) is 5. The van der Waals surface area contributed by atoms with Crippen LogP contribution in [0.4, 0.5) is 11.8 Å². The van der Waals surface area contributed by atoms with Gasteiger partial charge in [-0.1, -0.05) is 0 Å². The predicted octanol–water partition coefficient (Wildman–Crippen LogP) is 0.272. The molecule has 6 nitrogen and oxygen atoms in total. The maximum absolute atomic E-state index is 4.47. The SMILES string of the molecule is c1nc(N2CCCCC2)nnc1N1CCNCC1. The van der Waals surface area contributed by atoms with E-state index in [-0.39, 0.29) is 0 Å². The second kappa shape index (κ2) is 5.48. The van der Waals surface area contributed by atoms with Gasteiger partial charge in [-0.05, 0) is 19.3 Å². The van der Waals surface area contributed by atoms with Crippen LogP contribution in [0.2, 0.25) is 0 Å². The van der Waals surface area contributed by atoms with E-state index in [9.17, 15) is 0 Å². The molecule has 98 valence electrons. The molecule has 0 bridgehead atoms. The molecule has 3 rings (SSSR count). The zero-order valence-corrected chi connectivity index (χ0v) is 10.7. The van der Waals surface area contributed by atoms with Crippen LogP contribution in [0.5, 0.6) is 0 Å². The van der Waals surface area contributed by atoms with Crippen molar-refractivity contribution in [3.8, 4) is 0 Å². The van der Waals surface area contributed by atoms with Crippen molar-refractivity contribution in [2.75, 3.05) is 49.1 Å². The summed E-state index contributed by atoms with van der Waals surface area (Å²) in [4.78, 5) is 8.93. The van der Waals surface area contributed by atoms with Crippen molar-refractivity contribution in [2.45, 2.75) is 19.3 Å². The number of rotatable bonds is 2. The first-order valence-corrected chi connectivity index (χ1v) is 6.84. The number of aromatic nitrogens is 3. The van der Waals surface area contributed by atoms with Crippen molar-refractivity contribution in [3.63, 3.8) is 0 Å². The van der Waals surface area contributed by atoms with Crippen molar-refractivity contribution in [1.29, 1.82) is 0 Å². The standard InChI is InChI=1S/C12H20N6/c1-2-6-18(7-3-1)12-14-10-11(15-16-12)17-8-4-13-5-9-17/h10,13H,1-9H2. The quantitative estimate of drug-likeness (QED) is 0.811. The van der Waals surface area contributed by atoms with Gasteiger partial charge >= 0.3 is 0 Å². The maximum Gasteiger partial charge on any atom is 0.245 e. The Kier molecular flexibility index (Phi) is 3.54. The number of hydrogen-bond acceptors (Lipinski definition) is 6. The Morgan fingerprint density at radius 1 is 0.889 bits per heavy atom. The second-order valence-electron chi connectivity index (χ2n) is 4.90. The van der Waals surface area contributed by atoms with E-state index in [2.05, 4.69) is 30.3 Å². The lowest BCUT2D eigenvalue weighted by molar-refractivity contribution is 0.561. The molecule has 18 heavy (non-hydrogen) atoms. The fraction of sp³-hybridized carbons (Fsp3) is 0.750. The number of piperidine rings is 1. The molecule has 2 aliphatic heterocycles. The molecule has 2 fully saturated rings. The maximum atomic E-state index is 4.47. The lowest BCUT2D eigenvalue weighted by Gasteiger charge is -2.29. The van der Waals surface area contributed by atoms with Crippen molar-refractivity contribution in [2.24, 2.45) is 0 Å². The first kappa shape index (κ1) is 11.6. The van der Waals surface area contributed by atoms with Crippen molar-refractivity contribution >= 4 is 11.8 Å². The minimum absolute atomic E-state index is 0.786. The monoisotopic (exact) mass is 248 g/mol. The average molecular weight is 248 g/mol. The summed E-state index contributed by atoms with van der Waals surface area (Å²) >= 11 is 0. The van der Waals surface area contributed by atoms with Crippen LogP contribution in [-0.4, -0.2) is 54.4 Å². The Bertz CT molecular complexity index is 330. The molecule has 1 N–H and O–H groups in total. The Hall–Kier alpha value is -1.43. The second-order valence-corrected chi connectivity index (χ2v) is 4.90. The fourth-order valence-electron chi connectivity index (χ4n) is 2.54. The highest BCUT2D eigenvalue weighted by molar-refractivity contribution is 5.38. The third-order valence-corrected chi connectivity index (χ3v) is 3.62. The molecule has 1 aromatic rings. The molecule has 0 atom stereocenters. The highest BCUT2D eigenvalue weighted by atomic mass is 15.4. The van der Waals surface area contributed by atoms with E-state index in [1.807, 2.05) is 6.20 Å². The van der Waals surface area contributed by atoms with Crippen LogP contribution in [0.15, 0.2) is 6.20 Å². The molecule has 2 aliphatic rings. The summed E-state index contributed by atoms with van der Waals surface area (Å²) < 4.78 is 0. The normalized spacial score (nSPS) is 21.1. The van der Waals surface area contributed by atoms with Crippen LogP contribution < -0.4 is 15.1 Å². The van der Waals surface area contributed by atoms with Crippen molar-refractivity contribution in [3.05, 3.63) is 6.20 Å². The lowest BCUT2D eigenvalue weighted by Crippen LogP contribution is -2.44. The Balaban J connectivity index is 1.67. The predicted molar refractivity (Wildman–Crippen MR) is 71.0 cm³/mol. The molecule has 0 saturated carbocycles. The minimum atomic E-state index is 0.786. The highest BCUT2D eigenvalue weighted by Gasteiger charge is 2.16. The molecular formula is C12H20N6. The van der Waals surface area contributed by atoms with E-state index in [4.69, 9.17) is 0 Å². The van der Waals surface area contributed by atoms with Crippen molar-refractivity contribution < 1.29 is 0 Å². The number of nitrogens with one attached hydrogen (secondary N) is 1. The van der Waals surface area contributed by atoms with Gasteiger partial charge in [0.1, 0.15) is 0 Å². The van der Waals surface area contributed by atoms with E-state index >= 15 is 0 Å². The van der Waals surface area contributed by atoms with E-state index in [1.54, 1.807) is 0 Å². The Labute approximate surface area is 107 Å². The molecule has 0 radical (unpaired) electrons. The third-order valence-electron chi connectivity index (χ3n) is 3.62. The summed E-state index contributed by atoms with van der Waals surface area (Å²) in [6.07, 6.45) is 5.66. The third kappa shape index (κ3) is 2.53. The Morgan fingerprint density at radius 2 is 1.67 bits per heavy atom.